The van der Waals surface area contributed by atoms with Gasteiger partial charge in [-0.15, -0.1) is 0 Å². The molecule has 2 atom stereocenters. The second-order valence-electron chi connectivity index (χ2n) is 7.56. The maximum absolute atomic E-state index is 11.0. The lowest BCUT2D eigenvalue weighted by atomic mass is 10.2. The lowest BCUT2D eigenvalue weighted by Gasteiger charge is -2.26. The van der Waals surface area contributed by atoms with Gasteiger partial charge in [-0.05, 0) is 57.0 Å². The van der Waals surface area contributed by atoms with Crippen molar-refractivity contribution in [2.45, 2.75) is 45.4 Å². The second kappa shape index (κ2) is 11.2. The fraction of sp³-hybridized carbons (Fsp3) is 0.522. The molecule has 7 heteroatoms. The second-order valence-corrected chi connectivity index (χ2v) is 7.56. The summed E-state index contributed by atoms with van der Waals surface area (Å²) in [6.07, 6.45) is 2.33. The molecule has 30 heavy (non-hydrogen) atoms. The molecule has 0 bridgehead atoms. The van der Waals surface area contributed by atoms with Gasteiger partial charge in [0.25, 0.3) is 0 Å². The third-order valence-corrected chi connectivity index (χ3v) is 4.97. The summed E-state index contributed by atoms with van der Waals surface area (Å²) >= 11 is 0. The molecule has 1 fully saturated rings. The van der Waals surface area contributed by atoms with Crippen LogP contribution in [0, 0.1) is 6.92 Å². The Morgan fingerprint density at radius 2 is 2.13 bits per heavy atom. The summed E-state index contributed by atoms with van der Waals surface area (Å²) < 4.78 is 22.8. The Balaban J connectivity index is 1.59. The molecule has 2 heterocycles. The summed E-state index contributed by atoms with van der Waals surface area (Å²) in [6.45, 7) is 6.90. The van der Waals surface area contributed by atoms with Crippen molar-refractivity contribution in [2.24, 2.45) is 0 Å². The number of aliphatic hydroxyl groups excluding tert-OH is 1. The van der Waals surface area contributed by atoms with Gasteiger partial charge in [-0.25, -0.2) is 0 Å². The van der Waals surface area contributed by atoms with E-state index in [1.807, 2.05) is 26.0 Å². The van der Waals surface area contributed by atoms with Crippen LogP contribution < -0.4 is 9.47 Å². The number of aliphatic hydroxyl groups is 1. The summed E-state index contributed by atoms with van der Waals surface area (Å²) in [5.41, 5.74) is 0.517. The first kappa shape index (κ1) is 22.3. The van der Waals surface area contributed by atoms with Crippen LogP contribution in [0.2, 0.25) is 0 Å². The molecule has 1 saturated heterocycles. The van der Waals surface area contributed by atoms with E-state index in [-0.39, 0.29) is 12.7 Å². The van der Waals surface area contributed by atoms with E-state index >= 15 is 0 Å². The number of furan rings is 1. The number of hydrogen-bond acceptors (Lipinski definition) is 7. The lowest BCUT2D eigenvalue weighted by molar-refractivity contribution is 0.0285. The van der Waals surface area contributed by atoms with Gasteiger partial charge in [0.15, 0.2) is 11.5 Å². The maximum Gasteiger partial charge on any atom is 0.161 e. The average molecular weight is 418 g/mol. The zero-order valence-electron chi connectivity index (χ0n) is 17.7. The highest BCUT2D eigenvalue weighted by atomic mass is 16.5. The minimum absolute atomic E-state index is 0.111. The molecule has 1 aliphatic rings. The van der Waals surface area contributed by atoms with Crippen LogP contribution in [0.3, 0.4) is 0 Å². The van der Waals surface area contributed by atoms with Gasteiger partial charge < -0.3 is 23.7 Å². The Labute approximate surface area is 177 Å². The molecule has 7 nitrogen and oxygen atoms in total. The van der Waals surface area contributed by atoms with Gasteiger partial charge >= 0.3 is 0 Å². The van der Waals surface area contributed by atoms with E-state index in [1.165, 1.54) is 0 Å². The van der Waals surface area contributed by atoms with Gasteiger partial charge in [-0.3, -0.25) is 9.69 Å². The van der Waals surface area contributed by atoms with E-state index in [0.29, 0.717) is 36.8 Å². The van der Waals surface area contributed by atoms with E-state index in [9.17, 15) is 9.90 Å². The first-order valence-electron chi connectivity index (χ1n) is 10.5. The smallest absolute Gasteiger partial charge is 0.161 e. The highest BCUT2D eigenvalue weighted by Gasteiger charge is 2.22. The van der Waals surface area contributed by atoms with Crippen LogP contribution in [-0.2, 0) is 11.3 Å². The number of nitrogens with zero attached hydrogens (tertiary/aromatic N) is 1. The molecule has 2 unspecified atom stereocenters. The SMILES string of the molecule is CCOc1cc(C=O)ccc1OCC(O)CN(Cc1ccc(C)o1)CC1CCCO1. The normalized spacial score (nSPS) is 17.3. The van der Waals surface area contributed by atoms with E-state index in [2.05, 4.69) is 4.90 Å². The van der Waals surface area contributed by atoms with Crippen LogP contribution >= 0.6 is 0 Å². The Morgan fingerprint density at radius 3 is 2.80 bits per heavy atom. The lowest BCUT2D eigenvalue weighted by Crippen LogP contribution is -2.39. The van der Waals surface area contributed by atoms with Crippen LogP contribution in [0.1, 0.15) is 41.6 Å². The van der Waals surface area contributed by atoms with Gasteiger partial charge in [0, 0.05) is 25.3 Å². The molecule has 3 rings (SSSR count). The average Bonchev–Trinajstić information content (AvgIpc) is 3.38. The fourth-order valence-corrected chi connectivity index (χ4v) is 3.59. The molecular weight excluding hydrogens is 386 g/mol. The zero-order valence-corrected chi connectivity index (χ0v) is 17.7. The van der Waals surface area contributed by atoms with E-state index in [1.54, 1.807) is 18.2 Å². The maximum atomic E-state index is 11.0. The first-order valence-corrected chi connectivity index (χ1v) is 10.5. The van der Waals surface area contributed by atoms with Crippen molar-refractivity contribution in [1.29, 1.82) is 0 Å². The van der Waals surface area contributed by atoms with Crippen molar-refractivity contribution in [1.82, 2.24) is 4.90 Å². The number of rotatable bonds is 12. The molecule has 2 aromatic rings. The van der Waals surface area contributed by atoms with Crippen molar-refractivity contribution < 1.29 is 28.5 Å². The molecule has 0 radical (unpaired) electrons. The van der Waals surface area contributed by atoms with Crippen LogP contribution in [0.5, 0.6) is 11.5 Å². The van der Waals surface area contributed by atoms with Crippen molar-refractivity contribution in [2.75, 3.05) is 32.9 Å². The van der Waals surface area contributed by atoms with Gasteiger partial charge in [0.2, 0.25) is 0 Å². The monoisotopic (exact) mass is 417 g/mol. The standard InChI is InChI=1S/C23H31NO6/c1-3-27-23-11-18(15-25)7-9-22(23)29-16-19(26)12-24(13-20-5-4-10-28-20)14-21-8-6-17(2)30-21/h6-9,11,15,19-20,26H,3-5,10,12-14,16H2,1-2H3. The minimum Gasteiger partial charge on any atom is -0.490 e. The zero-order chi connectivity index (χ0) is 21.3. The van der Waals surface area contributed by atoms with Gasteiger partial charge in [0.05, 0.1) is 19.3 Å². The summed E-state index contributed by atoms with van der Waals surface area (Å²) in [5.74, 6) is 2.74. The molecule has 1 aliphatic heterocycles. The quantitative estimate of drug-likeness (QED) is 0.531. The number of carbonyl (C=O) groups is 1. The fourth-order valence-electron chi connectivity index (χ4n) is 3.59. The molecule has 164 valence electrons. The molecule has 1 N–H and O–H groups in total. The summed E-state index contributed by atoms with van der Waals surface area (Å²) in [7, 11) is 0. The summed E-state index contributed by atoms with van der Waals surface area (Å²) in [4.78, 5) is 13.1. The van der Waals surface area contributed by atoms with E-state index < -0.39 is 6.10 Å². The van der Waals surface area contributed by atoms with Crippen LogP contribution in [0.15, 0.2) is 34.7 Å². The predicted octanol–water partition coefficient (Wildman–Crippen LogP) is 3.22. The third kappa shape index (κ3) is 6.58. The highest BCUT2D eigenvalue weighted by Crippen LogP contribution is 2.28. The number of hydrogen-bond donors (Lipinski definition) is 1. The van der Waals surface area contributed by atoms with Crippen molar-refractivity contribution >= 4 is 6.29 Å². The molecule has 1 aromatic heterocycles. The Kier molecular flexibility index (Phi) is 8.30. The minimum atomic E-state index is -0.706. The molecule has 0 saturated carbocycles. The Bertz CT molecular complexity index is 799. The largest absolute Gasteiger partial charge is 0.490 e. The van der Waals surface area contributed by atoms with Gasteiger partial charge in [-0.1, -0.05) is 0 Å². The predicted molar refractivity (Wildman–Crippen MR) is 112 cm³/mol. The number of carbonyl (C=O) groups excluding carboxylic acids is 1. The third-order valence-electron chi connectivity index (χ3n) is 4.97. The van der Waals surface area contributed by atoms with Crippen molar-refractivity contribution in [3.63, 3.8) is 0 Å². The van der Waals surface area contributed by atoms with Crippen molar-refractivity contribution in [3.05, 3.63) is 47.4 Å². The first-order chi connectivity index (χ1) is 14.6. The number of aldehydes is 1. The summed E-state index contributed by atoms with van der Waals surface area (Å²) in [6, 6.07) is 8.90. The van der Waals surface area contributed by atoms with Crippen molar-refractivity contribution in [3.8, 4) is 11.5 Å². The highest BCUT2D eigenvalue weighted by molar-refractivity contribution is 5.76. The van der Waals surface area contributed by atoms with Crippen LogP contribution in [0.4, 0.5) is 0 Å². The molecule has 0 spiro atoms. The van der Waals surface area contributed by atoms with Crippen LogP contribution in [-0.4, -0.2) is 61.4 Å². The van der Waals surface area contributed by atoms with Gasteiger partial charge in [0.1, 0.15) is 30.5 Å². The number of aryl methyl sites for hydroxylation is 1. The Hall–Kier alpha value is -2.35. The van der Waals surface area contributed by atoms with E-state index in [4.69, 9.17) is 18.6 Å². The molecule has 0 amide bonds. The molecule has 1 aromatic carbocycles. The summed E-state index contributed by atoms with van der Waals surface area (Å²) in [5, 5.41) is 10.6. The van der Waals surface area contributed by atoms with Crippen LogP contribution in [0.25, 0.3) is 0 Å². The number of benzene rings is 1. The molecular formula is C23H31NO6. The number of ether oxygens (including phenoxy) is 3. The van der Waals surface area contributed by atoms with E-state index in [0.717, 1.165) is 43.8 Å². The Morgan fingerprint density at radius 1 is 1.27 bits per heavy atom. The topological polar surface area (TPSA) is 81.4 Å². The molecule has 0 aliphatic carbocycles. The van der Waals surface area contributed by atoms with Gasteiger partial charge in [-0.2, -0.15) is 0 Å².